The molecule has 1 aromatic carbocycles. The van der Waals surface area contributed by atoms with Crippen molar-refractivity contribution in [3.05, 3.63) is 47.0 Å². The van der Waals surface area contributed by atoms with E-state index in [1.54, 1.807) is 0 Å². The Morgan fingerprint density at radius 2 is 2.00 bits per heavy atom. The lowest BCUT2D eigenvalue weighted by Gasteiger charge is -2.13. The predicted molar refractivity (Wildman–Crippen MR) is 74.4 cm³/mol. The monoisotopic (exact) mass is 281 g/mol. The molecule has 0 spiro atoms. The zero-order chi connectivity index (χ0) is 11.8. The largest absolute Gasteiger partial charge is 0.324 e. The number of benzene rings is 1. The molecular weight excluding hydrogens is 262 g/mol. The highest BCUT2D eigenvalue weighted by Crippen LogP contribution is 2.25. The summed E-state index contributed by atoms with van der Waals surface area (Å²) in [5.41, 5.74) is 7.37. The van der Waals surface area contributed by atoms with Gasteiger partial charge < -0.3 is 5.73 Å². The molecule has 0 aliphatic rings. The van der Waals surface area contributed by atoms with Gasteiger partial charge >= 0.3 is 0 Å². The summed E-state index contributed by atoms with van der Waals surface area (Å²) < 4.78 is 1.12. The summed E-state index contributed by atoms with van der Waals surface area (Å²) in [5.74, 6) is 0. The Balaban J connectivity index is 2.32. The van der Waals surface area contributed by atoms with E-state index in [0.29, 0.717) is 0 Å². The van der Waals surface area contributed by atoms with Crippen molar-refractivity contribution in [3.8, 4) is 0 Å². The van der Waals surface area contributed by atoms with E-state index in [0.717, 1.165) is 17.3 Å². The maximum Gasteiger partial charge on any atom is 0.0306 e. The molecular formula is C14H20BrN. The molecule has 0 saturated heterocycles. The fourth-order valence-electron chi connectivity index (χ4n) is 1.76. The van der Waals surface area contributed by atoms with Gasteiger partial charge in [0.2, 0.25) is 0 Å². The molecule has 0 amide bonds. The highest BCUT2D eigenvalue weighted by Gasteiger charge is 2.08. The van der Waals surface area contributed by atoms with Gasteiger partial charge in [-0.15, -0.1) is 6.58 Å². The van der Waals surface area contributed by atoms with Gasteiger partial charge in [-0.05, 0) is 30.9 Å². The molecule has 0 aliphatic heterocycles. The van der Waals surface area contributed by atoms with Gasteiger partial charge in [0.25, 0.3) is 0 Å². The average Bonchev–Trinajstić information content (AvgIpc) is 2.29. The summed E-state index contributed by atoms with van der Waals surface area (Å²) in [7, 11) is 0. The van der Waals surface area contributed by atoms with E-state index < -0.39 is 0 Å². The van der Waals surface area contributed by atoms with Crippen LogP contribution in [0.2, 0.25) is 0 Å². The molecule has 2 heteroatoms. The summed E-state index contributed by atoms with van der Waals surface area (Å²) in [6.45, 7) is 3.72. The third-order valence-corrected chi connectivity index (χ3v) is 3.45. The molecule has 0 aromatic heterocycles. The van der Waals surface area contributed by atoms with E-state index in [-0.39, 0.29) is 6.04 Å². The van der Waals surface area contributed by atoms with Crippen molar-refractivity contribution in [2.24, 2.45) is 5.73 Å². The first-order chi connectivity index (χ1) is 7.75. The zero-order valence-electron chi connectivity index (χ0n) is 9.66. The van der Waals surface area contributed by atoms with E-state index in [1.807, 2.05) is 24.3 Å². The van der Waals surface area contributed by atoms with Crippen molar-refractivity contribution in [2.45, 2.75) is 38.1 Å². The Labute approximate surface area is 107 Å². The minimum Gasteiger partial charge on any atom is -0.324 e. The van der Waals surface area contributed by atoms with Crippen molar-refractivity contribution in [1.82, 2.24) is 0 Å². The van der Waals surface area contributed by atoms with Crippen LogP contribution in [0.4, 0.5) is 0 Å². The number of halogens is 1. The van der Waals surface area contributed by atoms with Crippen molar-refractivity contribution < 1.29 is 0 Å². The fourth-order valence-corrected chi connectivity index (χ4v) is 2.34. The lowest BCUT2D eigenvalue weighted by molar-refractivity contribution is 0.571. The molecule has 1 rings (SSSR count). The number of unbranched alkanes of at least 4 members (excludes halogenated alkanes) is 3. The highest BCUT2D eigenvalue weighted by molar-refractivity contribution is 9.10. The Hall–Kier alpha value is -0.600. The first kappa shape index (κ1) is 13.5. The average molecular weight is 282 g/mol. The first-order valence-electron chi connectivity index (χ1n) is 5.86. The van der Waals surface area contributed by atoms with Crippen LogP contribution < -0.4 is 5.73 Å². The number of hydrogen-bond donors (Lipinski definition) is 1. The van der Waals surface area contributed by atoms with Gasteiger partial charge in [0.05, 0.1) is 0 Å². The van der Waals surface area contributed by atoms with Crippen molar-refractivity contribution in [3.63, 3.8) is 0 Å². The molecule has 0 aliphatic carbocycles. The number of hydrogen-bond acceptors (Lipinski definition) is 1. The standard InChI is InChI=1S/C14H20BrN/c1-2-3-4-5-6-11-14(16)12-9-7-8-10-13(12)15/h2,7-10,14H,1,3-6,11,16H2. The molecule has 1 unspecified atom stereocenters. The second-order valence-electron chi connectivity index (χ2n) is 4.05. The van der Waals surface area contributed by atoms with Crippen LogP contribution >= 0.6 is 15.9 Å². The Kier molecular flexibility index (Phi) is 6.43. The first-order valence-corrected chi connectivity index (χ1v) is 6.66. The molecule has 0 heterocycles. The van der Waals surface area contributed by atoms with Crippen LogP contribution in [0.5, 0.6) is 0 Å². The Morgan fingerprint density at radius 1 is 1.25 bits per heavy atom. The number of allylic oxidation sites excluding steroid dienone is 1. The molecule has 0 radical (unpaired) electrons. The van der Waals surface area contributed by atoms with E-state index >= 15 is 0 Å². The molecule has 88 valence electrons. The van der Waals surface area contributed by atoms with Crippen LogP contribution in [0.1, 0.15) is 43.7 Å². The summed E-state index contributed by atoms with van der Waals surface area (Å²) in [5, 5.41) is 0. The summed E-state index contributed by atoms with van der Waals surface area (Å²) in [4.78, 5) is 0. The molecule has 2 N–H and O–H groups in total. The van der Waals surface area contributed by atoms with Crippen LogP contribution in [-0.2, 0) is 0 Å². The third-order valence-electron chi connectivity index (χ3n) is 2.73. The molecule has 0 bridgehead atoms. The lowest BCUT2D eigenvalue weighted by Crippen LogP contribution is -2.10. The van der Waals surface area contributed by atoms with Crippen LogP contribution in [0, 0.1) is 0 Å². The van der Waals surface area contributed by atoms with Crippen molar-refractivity contribution >= 4 is 15.9 Å². The van der Waals surface area contributed by atoms with Crippen molar-refractivity contribution in [1.29, 1.82) is 0 Å². The smallest absolute Gasteiger partial charge is 0.0306 e. The van der Waals surface area contributed by atoms with Crippen LogP contribution in [-0.4, -0.2) is 0 Å². The molecule has 0 saturated carbocycles. The molecule has 16 heavy (non-hydrogen) atoms. The molecule has 0 fully saturated rings. The van der Waals surface area contributed by atoms with Gasteiger partial charge in [-0.25, -0.2) is 0 Å². The third kappa shape index (κ3) is 4.50. The van der Waals surface area contributed by atoms with Gasteiger partial charge in [0.1, 0.15) is 0 Å². The van der Waals surface area contributed by atoms with E-state index in [4.69, 9.17) is 5.73 Å². The van der Waals surface area contributed by atoms with Gasteiger partial charge in [0, 0.05) is 10.5 Å². The van der Waals surface area contributed by atoms with Crippen LogP contribution in [0.15, 0.2) is 41.4 Å². The van der Waals surface area contributed by atoms with Gasteiger partial charge in [-0.1, -0.05) is 53.0 Å². The molecule has 1 atom stereocenters. The normalized spacial score (nSPS) is 12.4. The Morgan fingerprint density at radius 3 is 2.69 bits per heavy atom. The minimum absolute atomic E-state index is 0.152. The van der Waals surface area contributed by atoms with Gasteiger partial charge in [-0.3, -0.25) is 0 Å². The number of rotatable bonds is 7. The summed E-state index contributed by atoms with van der Waals surface area (Å²) in [6.07, 6.45) is 7.81. The lowest BCUT2D eigenvalue weighted by atomic mass is 10.0. The van der Waals surface area contributed by atoms with E-state index in [1.165, 1.54) is 24.8 Å². The maximum absolute atomic E-state index is 6.16. The van der Waals surface area contributed by atoms with E-state index in [9.17, 15) is 0 Å². The van der Waals surface area contributed by atoms with Crippen LogP contribution in [0.3, 0.4) is 0 Å². The van der Waals surface area contributed by atoms with E-state index in [2.05, 4.69) is 28.6 Å². The molecule has 1 nitrogen and oxygen atoms in total. The van der Waals surface area contributed by atoms with Gasteiger partial charge in [0.15, 0.2) is 0 Å². The minimum atomic E-state index is 0.152. The quantitative estimate of drug-likeness (QED) is 0.574. The summed E-state index contributed by atoms with van der Waals surface area (Å²) >= 11 is 3.54. The predicted octanol–water partition coefficient (Wildman–Crippen LogP) is 4.59. The second kappa shape index (κ2) is 7.64. The van der Waals surface area contributed by atoms with Crippen LogP contribution in [0.25, 0.3) is 0 Å². The Bertz CT molecular complexity index is 322. The fraction of sp³-hybridized carbons (Fsp3) is 0.429. The zero-order valence-corrected chi connectivity index (χ0v) is 11.2. The molecule has 1 aromatic rings. The highest BCUT2D eigenvalue weighted by atomic mass is 79.9. The summed E-state index contributed by atoms with van der Waals surface area (Å²) in [6, 6.07) is 8.35. The second-order valence-corrected chi connectivity index (χ2v) is 4.91. The number of nitrogens with two attached hydrogens (primary N) is 1. The topological polar surface area (TPSA) is 26.0 Å². The SMILES string of the molecule is C=CCCCCCC(N)c1ccccc1Br. The van der Waals surface area contributed by atoms with Gasteiger partial charge in [-0.2, -0.15) is 0 Å². The van der Waals surface area contributed by atoms with Crippen molar-refractivity contribution in [2.75, 3.05) is 0 Å². The maximum atomic E-state index is 6.16.